The summed E-state index contributed by atoms with van der Waals surface area (Å²) in [4.78, 5) is 0. The van der Waals surface area contributed by atoms with Gasteiger partial charge in [0.05, 0.1) is 0 Å². The van der Waals surface area contributed by atoms with Gasteiger partial charge in [-0.3, -0.25) is 0 Å². The second-order valence-electron chi connectivity index (χ2n) is 3.70. The van der Waals surface area contributed by atoms with Crippen LogP contribution < -0.4 is 4.74 Å². The van der Waals surface area contributed by atoms with Crippen LogP contribution in [0.2, 0.25) is 0 Å². The zero-order valence-corrected chi connectivity index (χ0v) is 11.5. The molecule has 2 rings (SSSR count). The van der Waals surface area contributed by atoms with Gasteiger partial charge in [-0.05, 0) is 58.0 Å². The fourth-order valence-electron chi connectivity index (χ4n) is 1.52. The van der Waals surface area contributed by atoms with E-state index in [1.54, 1.807) is 12.1 Å². The first-order valence-electron chi connectivity index (χ1n) is 5.16. The van der Waals surface area contributed by atoms with Crippen molar-refractivity contribution in [2.45, 2.75) is 6.36 Å². The zero-order chi connectivity index (χ0) is 14.0. The highest BCUT2D eigenvalue weighted by Gasteiger charge is 2.30. The van der Waals surface area contributed by atoms with E-state index < -0.39 is 6.36 Å². The summed E-state index contributed by atoms with van der Waals surface area (Å²) in [5.41, 5.74) is 1.21. The normalized spacial score (nSPS) is 11.4. The number of benzene rings is 2. The second kappa shape index (κ2) is 5.36. The molecule has 0 unspecified atom stereocenters. The van der Waals surface area contributed by atoms with Crippen LogP contribution in [0.3, 0.4) is 0 Å². The minimum atomic E-state index is -4.71. The van der Waals surface area contributed by atoms with Gasteiger partial charge < -0.3 is 4.74 Å². The van der Waals surface area contributed by atoms with Crippen LogP contribution in [0.5, 0.6) is 5.75 Å². The van der Waals surface area contributed by atoms with E-state index in [0.717, 1.165) is 0 Å². The molecule has 2 aromatic rings. The Morgan fingerprint density at radius 1 is 0.895 bits per heavy atom. The molecule has 0 bridgehead atoms. The summed E-state index contributed by atoms with van der Waals surface area (Å²) < 4.78 is 53.6. The molecule has 2 aromatic carbocycles. The first-order chi connectivity index (χ1) is 8.85. The Kier molecular flexibility index (Phi) is 3.98. The Labute approximate surface area is 120 Å². The smallest absolute Gasteiger partial charge is 0.406 e. The van der Waals surface area contributed by atoms with E-state index in [1.165, 1.54) is 30.3 Å². The molecule has 0 aliphatic carbocycles. The second-order valence-corrected chi connectivity index (χ2v) is 4.86. The molecular formula is C13H7F4IO. The fraction of sp³-hybridized carbons (Fsp3) is 0.0769. The lowest BCUT2D eigenvalue weighted by molar-refractivity contribution is -0.274. The van der Waals surface area contributed by atoms with Crippen molar-refractivity contribution >= 4 is 22.6 Å². The molecule has 0 N–H and O–H groups in total. The van der Waals surface area contributed by atoms with Crippen molar-refractivity contribution in [2.75, 3.05) is 0 Å². The molecule has 19 heavy (non-hydrogen) atoms. The van der Waals surface area contributed by atoms with Crippen molar-refractivity contribution in [3.8, 4) is 16.9 Å². The Morgan fingerprint density at radius 2 is 1.47 bits per heavy atom. The molecule has 100 valence electrons. The molecule has 1 nitrogen and oxygen atoms in total. The highest BCUT2D eigenvalue weighted by atomic mass is 127. The summed E-state index contributed by atoms with van der Waals surface area (Å²) in [5, 5.41) is 0. The Bertz CT molecular complexity index is 578. The third-order valence-corrected chi connectivity index (χ3v) is 3.22. The quantitative estimate of drug-likeness (QED) is 0.525. The average molecular weight is 382 g/mol. The maximum absolute atomic E-state index is 13.4. The molecule has 0 aromatic heterocycles. The van der Waals surface area contributed by atoms with Crippen LogP contribution in [0.25, 0.3) is 11.1 Å². The van der Waals surface area contributed by atoms with Gasteiger partial charge in [0.1, 0.15) is 11.6 Å². The summed E-state index contributed by atoms with van der Waals surface area (Å²) in [6, 6.07) is 9.92. The molecule has 6 heteroatoms. The molecule has 0 radical (unpaired) electrons. The van der Waals surface area contributed by atoms with E-state index >= 15 is 0 Å². The van der Waals surface area contributed by atoms with Gasteiger partial charge in [-0.15, -0.1) is 13.2 Å². The fourth-order valence-corrected chi connectivity index (χ4v) is 1.86. The van der Waals surface area contributed by atoms with Crippen molar-refractivity contribution < 1.29 is 22.3 Å². The molecule has 0 spiro atoms. The summed E-state index contributed by atoms with van der Waals surface area (Å²) in [6.45, 7) is 0. The van der Waals surface area contributed by atoms with E-state index in [0.29, 0.717) is 14.7 Å². The molecule has 0 amide bonds. The van der Waals surface area contributed by atoms with Gasteiger partial charge in [-0.1, -0.05) is 18.2 Å². The van der Waals surface area contributed by atoms with Crippen LogP contribution in [0.1, 0.15) is 0 Å². The number of hydrogen-bond acceptors (Lipinski definition) is 1. The van der Waals surface area contributed by atoms with Crippen LogP contribution in [0, 0.1) is 9.39 Å². The summed E-state index contributed by atoms with van der Waals surface area (Å²) >= 11 is 1.86. The van der Waals surface area contributed by atoms with Gasteiger partial charge in [0.25, 0.3) is 0 Å². The van der Waals surface area contributed by atoms with Gasteiger partial charge in [-0.25, -0.2) is 4.39 Å². The zero-order valence-electron chi connectivity index (χ0n) is 9.34. The molecule has 0 heterocycles. The molecule has 0 fully saturated rings. The predicted octanol–water partition coefficient (Wildman–Crippen LogP) is 5.00. The molecule has 0 saturated heterocycles. The van der Waals surface area contributed by atoms with Crippen LogP contribution in [-0.4, -0.2) is 6.36 Å². The van der Waals surface area contributed by atoms with Crippen molar-refractivity contribution in [1.82, 2.24) is 0 Å². The topological polar surface area (TPSA) is 9.23 Å². The van der Waals surface area contributed by atoms with E-state index in [2.05, 4.69) is 4.74 Å². The van der Waals surface area contributed by atoms with Gasteiger partial charge in [0.15, 0.2) is 0 Å². The van der Waals surface area contributed by atoms with Gasteiger partial charge in [-0.2, -0.15) is 0 Å². The summed E-state index contributed by atoms with van der Waals surface area (Å²) in [7, 11) is 0. The third-order valence-electron chi connectivity index (χ3n) is 2.34. The van der Waals surface area contributed by atoms with E-state index in [1.807, 2.05) is 22.6 Å². The average Bonchev–Trinajstić information content (AvgIpc) is 2.32. The first kappa shape index (κ1) is 14.1. The predicted molar refractivity (Wildman–Crippen MR) is 71.2 cm³/mol. The van der Waals surface area contributed by atoms with Crippen molar-refractivity contribution in [3.63, 3.8) is 0 Å². The van der Waals surface area contributed by atoms with Crippen LogP contribution in [0.15, 0.2) is 42.5 Å². The molecule has 0 saturated carbocycles. The maximum atomic E-state index is 13.4. The molecular weight excluding hydrogens is 375 g/mol. The highest BCUT2D eigenvalue weighted by Crippen LogP contribution is 2.27. The number of hydrogen-bond donors (Lipinski definition) is 0. The Morgan fingerprint density at radius 3 is 2.00 bits per heavy atom. The Balaban J connectivity index is 2.25. The molecule has 0 atom stereocenters. The van der Waals surface area contributed by atoms with Gasteiger partial charge in [0.2, 0.25) is 0 Å². The van der Waals surface area contributed by atoms with Crippen LogP contribution in [-0.2, 0) is 0 Å². The standard InChI is InChI=1S/C13H7F4IO/c14-11-7-9(3-6-12(11)18)8-1-4-10(5-2-8)19-13(15,16)17/h1-7H. The van der Waals surface area contributed by atoms with Crippen molar-refractivity contribution in [3.05, 3.63) is 51.9 Å². The summed E-state index contributed by atoms with van der Waals surface area (Å²) in [5.74, 6) is -0.670. The monoisotopic (exact) mass is 382 g/mol. The summed E-state index contributed by atoms with van der Waals surface area (Å²) in [6.07, 6.45) is -4.71. The molecule has 0 aliphatic rings. The van der Waals surface area contributed by atoms with E-state index in [-0.39, 0.29) is 11.6 Å². The number of halogens is 5. The van der Waals surface area contributed by atoms with Gasteiger partial charge >= 0.3 is 6.36 Å². The third kappa shape index (κ3) is 3.82. The SMILES string of the molecule is Fc1cc(-c2ccc(OC(F)(F)F)cc2)ccc1I. The van der Waals surface area contributed by atoms with Gasteiger partial charge in [0, 0.05) is 3.57 Å². The first-order valence-corrected chi connectivity index (χ1v) is 6.24. The van der Waals surface area contributed by atoms with Crippen LogP contribution in [0.4, 0.5) is 17.6 Å². The minimum Gasteiger partial charge on any atom is -0.406 e. The lowest BCUT2D eigenvalue weighted by atomic mass is 10.1. The number of alkyl halides is 3. The molecule has 0 aliphatic heterocycles. The van der Waals surface area contributed by atoms with Crippen molar-refractivity contribution in [2.24, 2.45) is 0 Å². The van der Waals surface area contributed by atoms with Crippen LogP contribution >= 0.6 is 22.6 Å². The Hall–Kier alpha value is -1.31. The van der Waals surface area contributed by atoms with Crippen molar-refractivity contribution in [1.29, 1.82) is 0 Å². The maximum Gasteiger partial charge on any atom is 0.573 e. The highest BCUT2D eigenvalue weighted by molar-refractivity contribution is 14.1. The van der Waals surface area contributed by atoms with E-state index in [9.17, 15) is 17.6 Å². The number of ether oxygens (including phenoxy) is 1. The largest absolute Gasteiger partial charge is 0.573 e. The minimum absolute atomic E-state index is 0.303. The lowest BCUT2D eigenvalue weighted by Crippen LogP contribution is -2.16. The van der Waals surface area contributed by atoms with E-state index in [4.69, 9.17) is 0 Å². The lowest BCUT2D eigenvalue weighted by Gasteiger charge is -2.09. The number of rotatable bonds is 2.